The van der Waals surface area contributed by atoms with Gasteiger partial charge in [0.1, 0.15) is 11.4 Å². The molecule has 2 aromatic rings. The summed E-state index contributed by atoms with van der Waals surface area (Å²) in [7, 11) is 1.65. The summed E-state index contributed by atoms with van der Waals surface area (Å²) in [5, 5.41) is 25.6. The molecule has 1 aliphatic rings. The lowest BCUT2D eigenvalue weighted by molar-refractivity contribution is 0.280. The molecule has 0 saturated carbocycles. The highest BCUT2D eigenvalue weighted by Gasteiger charge is 2.28. The predicted molar refractivity (Wildman–Crippen MR) is 115 cm³/mol. The summed E-state index contributed by atoms with van der Waals surface area (Å²) in [6.45, 7) is 6.10. The Balaban J connectivity index is 1.90. The van der Waals surface area contributed by atoms with Crippen molar-refractivity contribution in [1.82, 2.24) is 9.97 Å². The van der Waals surface area contributed by atoms with E-state index in [1.807, 2.05) is 24.3 Å². The van der Waals surface area contributed by atoms with Crippen molar-refractivity contribution >= 4 is 23.3 Å². The highest BCUT2D eigenvalue weighted by molar-refractivity contribution is 5.83. The van der Waals surface area contributed by atoms with Crippen LogP contribution in [0.2, 0.25) is 0 Å². The molecule has 0 unspecified atom stereocenters. The average molecular weight is 402 g/mol. The van der Waals surface area contributed by atoms with Gasteiger partial charge >= 0.3 is 0 Å². The summed E-state index contributed by atoms with van der Waals surface area (Å²) < 4.78 is 5.21. The number of aliphatic hydroxyl groups excluding tert-OH is 2. The van der Waals surface area contributed by atoms with Gasteiger partial charge in [-0.05, 0) is 31.5 Å². The molecule has 0 spiro atoms. The number of ether oxygens (including phenoxy) is 1. The van der Waals surface area contributed by atoms with E-state index in [4.69, 9.17) is 14.7 Å². The molecular formula is C20H30N6O3. The molecule has 29 heavy (non-hydrogen) atoms. The second kappa shape index (κ2) is 9.62. The molecule has 0 amide bonds. The Morgan fingerprint density at radius 1 is 1.17 bits per heavy atom. The minimum atomic E-state index is -0.0405. The zero-order valence-electron chi connectivity index (χ0n) is 17.2. The van der Waals surface area contributed by atoms with Gasteiger partial charge in [-0.2, -0.15) is 9.97 Å². The number of hydrogen-bond acceptors (Lipinski definition) is 9. The number of nitrogens with zero attached hydrogens (tertiary/aromatic N) is 4. The number of aromatic nitrogens is 2. The van der Waals surface area contributed by atoms with Crippen LogP contribution in [0.3, 0.4) is 0 Å². The van der Waals surface area contributed by atoms with Crippen LogP contribution in [0.4, 0.5) is 23.3 Å². The van der Waals surface area contributed by atoms with Gasteiger partial charge in [0.15, 0.2) is 11.6 Å². The molecule has 0 aliphatic carbocycles. The summed E-state index contributed by atoms with van der Waals surface area (Å²) >= 11 is 0. The Bertz CT molecular complexity index is 794. The van der Waals surface area contributed by atoms with Crippen molar-refractivity contribution in [2.24, 2.45) is 0 Å². The van der Waals surface area contributed by atoms with Crippen LogP contribution in [0.5, 0.6) is 5.75 Å². The summed E-state index contributed by atoms with van der Waals surface area (Å²) in [5.74, 6) is 2.82. The highest BCUT2D eigenvalue weighted by atomic mass is 16.5. The van der Waals surface area contributed by atoms with Gasteiger partial charge in [0.2, 0.25) is 5.95 Å². The first-order chi connectivity index (χ1) is 14.1. The van der Waals surface area contributed by atoms with E-state index in [0.29, 0.717) is 38.1 Å². The lowest BCUT2D eigenvalue weighted by Gasteiger charge is -2.25. The van der Waals surface area contributed by atoms with Crippen LogP contribution in [0.1, 0.15) is 19.4 Å². The Morgan fingerprint density at radius 3 is 2.45 bits per heavy atom. The Labute approximate surface area is 171 Å². The molecule has 9 nitrogen and oxygen atoms in total. The summed E-state index contributed by atoms with van der Waals surface area (Å²) in [4.78, 5) is 13.4. The average Bonchev–Trinajstić information content (AvgIpc) is 3.16. The number of hydrogen-bond donors (Lipinski definition) is 4. The fourth-order valence-electron chi connectivity index (χ4n) is 3.23. The maximum absolute atomic E-state index is 9.39. The molecule has 2 heterocycles. The molecule has 0 fully saturated rings. The molecular weight excluding hydrogens is 372 g/mol. The third-order valence-electron chi connectivity index (χ3n) is 4.84. The summed E-state index contributed by atoms with van der Waals surface area (Å²) in [5.41, 5.74) is 1.96. The van der Waals surface area contributed by atoms with E-state index < -0.39 is 0 Å². The summed E-state index contributed by atoms with van der Waals surface area (Å²) in [6.07, 6.45) is 0. The first-order valence-corrected chi connectivity index (χ1v) is 9.83. The van der Waals surface area contributed by atoms with Crippen molar-refractivity contribution in [1.29, 1.82) is 0 Å². The SMILES string of the molecule is COc1ccc(CNc2nc(N(CCO)CCO)nc3c2NCN3C(C)C)cc1. The number of nitrogens with one attached hydrogen (secondary N) is 2. The van der Waals surface area contributed by atoms with Gasteiger partial charge in [0.25, 0.3) is 0 Å². The van der Waals surface area contributed by atoms with E-state index in [9.17, 15) is 10.2 Å². The monoisotopic (exact) mass is 402 g/mol. The maximum Gasteiger partial charge on any atom is 0.229 e. The molecule has 0 atom stereocenters. The van der Waals surface area contributed by atoms with Crippen molar-refractivity contribution < 1.29 is 14.9 Å². The third kappa shape index (κ3) is 4.80. The minimum absolute atomic E-state index is 0.0405. The number of rotatable bonds is 10. The van der Waals surface area contributed by atoms with E-state index in [0.717, 1.165) is 22.8 Å². The van der Waals surface area contributed by atoms with Gasteiger partial charge in [0.05, 0.1) is 27.0 Å². The quantitative estimate of drug-likeness (QED) is 0.470. The third-order valence-corrected chi connectivity index (χ3v) is 4.84. The van der Waals surface area contributed by atoms with Gasteiger partial charge in [0, 0.05) is 25.7 Å². The van der Waals surface area contributed by atoms with Crippen molar-refractivity contribution in [3.8, 4) is 5.75 Å². The first-order valence-electron chi connectivity index (χ1n) is 9.83. The molecule has 0 saturated heterocycles. The van der Waals surface area contributed by atoms with Gasteiger partial charge in [-0.25, -0.2) is 0 Å². The first kappa shape index (κ1) is 20.9. The van der Waals surface area contributed by atoms with Crippen molar-refractivity contribution in [2.75, 3.05) is 60.5 Å². The molecule has 0 bridgehead atoms. The zero-order valence-corrected chi connectivity index (χ0v) is 17.2. The second-order valence-electron chi connectivity index (χ2n) is 7.11. The van der Waals surface area contributed by atoms with Crippen LogP contribution in [0, 0.1) is 0 Å². The number of benzene rings is 1. The van der Waals surface area contributed by atoms with Crippen LogP contribution >= 0.6 is 0 Å². The van der Waals surface area contributed by atoms with Crippen LogP contribution < -0.4 is 25.2 Å². The smallest absolute Gasteiger partial charge is 0.229 e. The predicted octanol–water partition coefficient (Wildman–Crippen LogP) is 1.49. The van der Waals surface area contributed by atoms with Gasteiger partial charge < -0.3 is 35.4 Å². The van der Waals surface area contributed by atoms with E-state index >= 15 is 0 Å². The lowest BCUT2D eigenvalue weighted by atomic mass is 10.2. The van der Waals surface area contributed by atoms with Crippen molar-refractivity contribution in [2.45, 2.75) is 26.4 Å². The zero-order chi connectivity index (χ0) is 20.8. The van der Waals surface area contributed by atoms with Crippen LogP contribution in [-0.2, 0) is 6.54 Å². The number of fused-ring (bicyclic) bond motifs is 1. The van der Waals surface area contributed by atoms with E-state index in [1.165, 1.54) is 0 Å². The standard InChI is InChI=1S/C20H30N6O3/c1-14(2)26-13-22-17-18(21-12-15-4-6-16(29-3)7-5-15)23-20(24-19(17)26)25(8-10-27)9-11-28/h4-7,14,22,27-28H,8-13H2,1-3H3,(H,21,23,24). The fourth-order valence-corrected chi connectivity index (χ4v) is 3.23. The molecule has 158 valence electrons. The largest absolute Gasteiger partial charge is 0.497 e. The van der Waals surface area contributed by atoms with E-state index in [2.05, 4.69) is 29.4 Å². The van der Waals surface area contributed by atoms with Gasteiger partial charge in [-0.15, -0.1) is 0 Å². The van der Waals surface area contributed by atoms with Crippen LogP contribution in [-0.4, -0.2) is 66.3 Å². The van der Waals surface area contributed by atoms with Gasteiger partial charge in [-0.3, -0.25) is 0 Å². The normalized spacial score (nSPS) is 12.7. The molecule has 1 aliphatic heterocycles. The fraction of sp³-hybridized carbons (Fsp3) is 0.500. The summed E-state index contributed by atoms with van der Waals surface area (Å²) in [6, 6.07) is 8.13. The molecule has 3 rings (SSSR count). The molecule has 9 heteroatoms. The topological polar surface area (TPSA) is 106 Å². The number of aliphatic hydroxyl groups is 2. The molecule has 1 aromatic heterocycles. The Morgan fingerprint density at radius 2 is 1.86 bits per heavy atom. The highest BCUT2D eigenvalue weighted by Crippen LogP contribution is 2.37. The Kier molecular flexibility index (Phi) is 6.95. The van der Waals surface area contributed by atoms with Crippen LogP contribution in [0.25, 0.3) is 0 Å². The molecule has 4 N–H and O–H groups in total. The number of anilines is 4. The second-order valence-corrected chi connectivity index (χ2v) is 7.11. The maximum atomic E-state index is 9.39. The van der Waals surface area contributed by atoms with Crippen LogP contribution in [0.15, 0.2) is 24.3 Å². The number of methoxy groups -OCH3 is 1. The Hall–Kier alpha value is -2.78. The van der Waals surface area contributed by atoms with Crippen molar-refractivity contribution in [3.05, 3.63) is 29.8 Å². The molecule has 0 radical (unpaired) electrons. The van der Waals surface area contributed by atoms with Gasteiger partial charge in [-0.1, -0.05) is 12.1 Å². The van der Waals surface area contributed by atoms with E-state index in [1.54, 1.807) is 12.0 Å². The molecule has 1 aromatic carbocycles. The minimum Gasteiger partial charge on any atom is -0.497 e. The van der Waals surface area contributed by atoms with E-state index in [-0.39, 0.29) is 19.3 Å². The lowest BCUT2D eigenvalue weighted by Crippen LogP contribution is -2.33. The van der Waals surface area contributed by atoms with Crippen molar-refractivity contribution in [3.63, 3.8) is 0 Å².